The van der Waals surface area contributed by atoms with Crippen LogP contribution in [-0.2, 0) is 6.54 Å². The van der Waals surface area contributed by atoms with Gasteiger partial charge < -0.3 is 20.0 Å². The fraction of sp³-hybridized carbons (Fsp3) is 0.700. The van der Waals surface area contributed by atoms with Crippen molar-refractivity contribution in [2.24, 2.45) is 5.73 Å². The second kappa shape index (κ2) is 4.20. The Labute approximate surface area is 89.9 Å². The van der Waals surface area contributed by atoms with Crippen molar-refractivity contribution in [3.63, 3.8) is 0 Å². The van der Waals surface area contributed by atoms with E-state index in [2.05, 4.69) is 28.8 Å². The van der Waals surface area contributed by atoms with Crippen LogP contribution >= 0.6 is 0 Å². The van der Waals surface area contributed by atoms with Gasteiger partial charge in [-0.1, -0.05) is 0 Å². The first kappa shape index (κ1) is 10.4. The summed E-state index contributed by atoms with van der Waals surface area (Å²) in [6.07, 6.45) is 1.64. The predicted molar refractivity (Wildman–Crippen MR) is 58.7 cm³/mol. The predicted octanol–water partition coefficient (Wildman–Crippen LogP) is 0.274. The maximum absolute atomic E-state index is 5.50. The summed E-state index contributed by atoms with van der Waals surface area (Å²) in [7, 11) is 2.13. The van der Waals surface area contributed by atoms with Gasteiger partial charge in [0.1, 0.15) is 6.26 Å². The number of nitrogens with zero attached hydrogens (tertiary/aromatic N) is 3. The maximum Gasteiger partial charge on any atom is 0.297 e. The fourth-order valence-corrected chi connectivity index (χ4v) is 1.95. The lowest BCUT2D eigenvalue weighted by atomic mass is 10.2. The van der Waals surface area contributed by atoms with E-state index < -0.39 is 0 Å². The van der Waals surface area contributed by atoms with Crippen LogP contribution in [-0.4, -0.2) is 42.6 Å². The lowest BCUT2D eigenvalue weighted by Gasteiger charge is -2.37. The third kappa shape index (κ3) is 2.13. The van der Waals surface area contributed by atoms with Crippen molar-refractivity contribution < 1.29 is 4.42 Å². The number of nitrogens with two attached hydrogens (primary N) is 1. The maximum atomic E-state index is 5.50. The third-order valence-corrected chi connectivity index (χ3v) is 2.83. The Bertz CT molecular complexity index is 325. The average Bonchev–Trinajstić information content (AvgIpc) is 2.66. The molecule has 1 atom stereocenters. The highest BCUT2D eigenvalue weighted by atomic mass is 16.4. The number of piperazine rings is 1. The van der Waals surface area contributed by atoms with Crippen molar-refractivity contribution >= 4 is 6.01 Å². The minimum Gasteiger partial charge on any atom is -0.432 e. The molecule has 2 N–H and O–H groups in total. The SMILES string of the molecule is CC1CN(C)CCN1c1nc(CN)co1. The minimum absolute atomic E-state index is 0.436. The van der Waals surface area contributed by atoms with Crippen LogP contribution in [0.2, 0.25) is 0 Å². The monoisotopic (exact) mass is 210 g/mol. The molecule has 0 spiro atoms. The van der Waals surface area contributed by atoms with Gasteiger partial charge in [-0.2, -0.15) is 4.98 Å². The van der Waals surface area contributed by atoms with Gasteiger partial charge in [0.25, 0.3) is 6.01 Å². The van der Waals surface area contributed by atoms with Crippen molar-refractivity contribution in [3.8, 4) is 0 Å². The van der Waals surface area contributed by atoms with Gasteiger partial charge in [0, 0.05) is 32.2 Å². The molecule has 1 aromatic rings. The van der Waals surface area contributed by atoms with Gasteiger partial charge in [-0.15, -0.1) is 0 Å². The highest BCUT2D eigenvalue weighted by molar-refractivity contribution is 5.30. The van der Waals surface area contributed by atoms with Crippen molar-refractivity contribution in [1.82, 2.24) is 9.88 Å². The molecule has 1 aliphatic rings. The van der Waals surface area contributed by atoms with Crippen LogP contribution in [0.15, 0.2) is 10.7 Å². The van der Waals surface area contributed by atoms with Gasteiger partial charge in [-0.3, -0.25) is 0 Å². The minimum atomic E-state index is 0.436. The number of hydrogen-bond donors (Lipinski definition) is 1. The number of anilines is 1. The second-order valence-electron chi connectivity index (χ2n) is 4.13. The standard InChI is InChI=1S/C10H18N4O/c1-8-6-13(2)3-4-14(8)10-12-9(5-11)7-15-10/h7-8H,3-6,11H2,1-2H3. The smallest absolute Gasteiger partial charge is 0.297 e. The van der Waals surface area contributed by atoms with Crippen LogP contribution in [0, 0.1) is 0 Å². The highest BCUT2D eigenvalue weighted by Gasteiger charge is 2.24. The Kier molecular flexibility index (Phi) is 2.93. The van der Waals surface area contributed by atoms with E-state index in [0.717, 1.165) is 25.3 Å². The topological polar surface area (TPSA) is 58.5 Å². The van der Waals surface area contributed by atoms with Crippen LogP contribution in [0.3, 0.4) is 0 Å². The fourth-order valence-electron chi connectivity index (χ4n) is 1.95. The molecule has 0 aromatic carbocycles. The van der Waals surface area contributed by atoms with E-state index in [1.807, 2.05) is 0 Å². The zero-order chi connectivity index (χ0) is 10.8. The van der Waals surface area contributed by atoms with Crippen molar-refractivity contribution in [3.05, 3.63) is 12.0 Å². The Morgan fingerprint density at radius 1 is 1.60 bits per heavy atom. The van der Waals surface area contributed by atoms with Crippen LogP contribution in [0.4, 0.5) is 6.01 Å². The summed E-state index contributed by atoms with van der Waals surface area (Å²) in [5.74, 6) is 0. The van der Waals surface area contributed by atoms with E-state index in [9.17, 15) is 0 Å². The Hall–Kier alpha value is -1.07. The van der Waals surface area contributed by atoms with Gasteiger partial charge in [0.05, 0.1) is 5.69 Å². The quantitative estimate of drug-likeness (QED) is 0.759. The molecule has 15 heavy (non-hydrogen) atoms. The molecule has 0 saturated carbocycles. The average molecular weight is 210 g/mol. The molecule has 0 amide bonds. The van der Waals surface area contributed by atoms with E-state index in [-0.39, 0.29) is 0 Å². The summed E-state index contributed by atoms with van der Waals surface area (Å²) in [5.41, 5.74) is 6.32. The zero-order valence-corrected chi connectivity index (χ0v) is 9.31. The number of hydrogen-bond acceptors (Lipinski definition) is 5. The summed E-state index contributed by atoms with van der Waals surface area (Å²) in [5, 5.41) is 0. The number of rotatable bonds is 2. The molecule has 84 valence electrons. The summed E-state index contributed by atoms with van der Waals surface area (Å²) in [6, 6.07) is 1.14. The van der Waals surface area contributed by atoms with Gasteiger partial charge in [0.15, 0.2) is 0 Å². The summed E-state index contributed by atoms with van der Waals surface area (Å²) in [4.78, 5) is 8.85. The Balaban J connectivity index is 2.09. The molecule has 5 heteroatoms. The molecule has 1 aliphatic heterocycles. The van der Waals surface area contributed by atoms with Gasteiger partial charge in [0.2, 0.25) is 0 Å². The van der Waals surface area contributed by atoms with Crippen molar-refractivity contribution in [2.45, 2.75) is 19.5 Å². The van der Waals surface area contributed by atoms with Crippen LogP contribution in [0.5, 0.6) is 0 Å². The summed E-state index contributed by atoms with van der Waals surface area (Å²) >= 11 is 0. The molecule has 2 rings (SSSR count). The lowest BCUT2D eigenvalue weighted by molar-refractivity contribution is 0.267. The molecule has 1 fully saturated rings. The second-order valence-corrected chi connectivity index (χ2v) is 4.13. The molecule has 1 saturated heterocycles. The van der Waals surface area contributed by atoms with E-state index in [4.69, 9.17) is 10.2 Å². The molecule has 0 bridgehead atoms. The molecular formula is C10H18N4O. The van der Waals surface area contributed by atoms with E-state index in [1.54, 1.807) is 6.26 Å². The van der Waals surface area contributed by atoms with Gasteiger partial charge >= 0.3 is 0 Å². The van der Waals surface area contributed by atoms with Crippen LogP contribution < -0.4 is 10.6 Å². The lowest BCUT2D eigenvalue weighted by Crippen LogP contribution is -2.50. The highest BCUT2D eigenvalue weighted by Crippen LogP contribution is 2.19. The first-order valence-corrected chi connectivity index (χ1v) is 5.30. The molecule has 1 aromatic heterocycles. The molecule has 0 aliphatic carbocycles. The number of oxazole rings is 1. The molecular weight excluding hydrogens is 192 g/mol. The molecule has 1 unspecified atom stereocenters. The molecule has 2 heterocycles. The Morgan fingerprint density at radius 2 is 2.40 bits per heavy atom. The summed E-state index contributed by atoms with van der Waals surface area (Å²) in [6.45, 7) is 5.67. The van der Waals surface area contributed by atoms with E-state index in [1.165, 1.54) is 0 Å². The first-order chi connectivity index (χ1) is 7.20. The normalized spacial score (nSPS) is 23.4. The summed E-state index contributed by atoms with van der Waals surface area (Å²) < 4.78 is 5.42. The number of aromatic nitrogens is 1. The van der Waals surface area contributed by atoms with Crippen LogP contribution in [0.1, 0.15) is 12.6 Å². The third-order valence-electron chi connectivity index (χ3n) is 2.83. The van der Waals surface area contributed by atoms with E-state index >= 15 is 0 Å². The number of likely N-dealkylation sites (N-methyl/N-ethyl adjacent to an activating group) is 1. The van der Waals surface area contributed by atoms with Gasteiger partial charge in [-0.05, 0) is 14.0 Å². The zero-order valence-electron chi connectivity index (χ0n) is 9.31. The van der Waals surface area contributed by atoms with E-state index in [0.29, 0.717) is 18.6 Å². The first-order valence-electron chi connectivity index (χ1n) is 5.30. The van der Waals surface area contributed by atoms with Crippen LogP contribution in [0.25, 0.3) is 0 Å². The Morgan fingerprint density at radius 3 is 3.00 bits per heavy atom. The van der Waals surface area contributed by atoms with Crippen molar-refractivity contribution in [2.75, 3.05) is 31.6 Å². The largest absolute Gasteiger partial charge is 0.432 e. The molecule has 0 radical (unpaired) electrons. The molecule has 5 nitrogen and oxygen atoms in total. The van der Waals surface area contributed by atoms with Crippen molar-refractivity contribution in [1.29, 1.82) is 0 Å². The van der Waals surface area contributed by atoms with Gasteiger partial charge in [-0.25, -0.2) is 0 Å².